The van der Waals surface area contributed by atoms with Gasteiger partial charge in [0.05, 0.1) is 6.10 Å². The smallest absolute Gasteiger partial charge is 0.306 e. The van der Waals surface area contributed by atoms with E-state index >= 15 is 0 Å². The Labute approximate surface area is 132 Å². The van der Waals surface area contributed by atoms with Gasteiger partial charge in [-0.3, -0.25) is 4.79 Å². The van der Waals surface area contributed by atoms with Crippen LogP contribution in [0.4, 0.5) is 0 Å². The highest BCUT2D eigenvalue weighted by molar-refractivity contribution is 5.69. The quantitative estimate of drug-likeness (QED) is 0.343. The lowest BCUT2D eigenvalue weighted by Crippen LogP contribution is -2.14. The molecule has 1 unspecified atom stereocenters. The molecule has 0 aromatic rings. The number of rotatable bonds is 15. The highest BCUT2D eigenvalue weighted by Crippen LogP contribution is 2.12. The van der Waals surface area contributed by atoms with Crippen LogP contribution in [-0.4, -0.2) is 18.6 Å². The van der Waals surface area contributed by atoms with Crippen molar-refractivity contribution in [1.29, 1.82) is 0 Å². The average molecular weight is 299 g/mol. The normalized spacial score (nSPS) is 12.3. The van der Waals surface area contributed by atoms with E-state index in [1.165, 1.54) is 44.9 Å². The summed E-state index contributed by atoms with van der Waals surface area (Å²) in [5.74, 6) is -0.0294. The molecule has 0 aliphatic rings. The van der Waals surface area contributed by atoms with Crippen molar-refractivity contribution in [2.75, 3.05) is 6.54 Å². The first-order valence-corrected chi connectivity index (χ1v) is 9.10. The zero-order chi connectivity index (χ0) is 15.8. The van der Waals surface area contributed by atoms with E-state index < -0.39 is 0 Å². The van der Waals surface area contributed by atoms with Gasteiger partial charge in [-0.25, -0.2) is 0 Å². The Morgan fingerprint density at radius 2 is 1.48 bits per heavy atom. The maximum atomic E-state index is 11.6. The van der Waals surface area contributed by atoms with Gasteiger partial charge in [0.2, 0.25) is 0 Å². The summed E-state index contributed by atoms with van der Waals surface area (Å²) >= 11 is 0. The Morgan fingerprint density at radius 3 is 2.14 bits per heavy atom. The zero-order valence-corrected chi connectivity index (χ0v) is 14.4. The first-order chi connectivity index (χ1) is 10.2. The minimum absolute atomic E-state index is 0.0294. The van der Waals surface area contributed by atoms with Crippen LogP contribution in [0.15, 0.2) is 0 Å². The maximum absolute atomic E-state index is 11.6. The van der Waals surface area contributed by atoms with Crippen molar-refractivity contribution >= 4 is 5.97 Å². The molecule has 0 fully saturated rings. The fourth-order valence-corrected chi connectivity index (χ4v) is 2.50. The lowest BCUT2D eigenvalue weighted by atomic mass is 10.1. The van der Waals surface area contributed by atoms with E-state index in [2.05, 4.69) is 6.92 Å². The van der Waals surface area contributed by atoms with Gasteiger partial charge in [0.25, 0.3) is 0 Å². The second-order valence-corrected chi connectivity index (χ2v) is 6.16. The predicted octanol–water partition coefficient (Wildman–Crippen LogP) is 4.97. The van der Waals surface area contributed by atoms with E-state index in [4.69, 9.17) is 10.5 Å². The van der Waals surface area contributed by atoms with Gasteiger partial charge in [-0.15, -0.1) is 0 Å². The number of hydrogen-bond donors (Lipinski definition) is 1. The van der Waals surface area contributed by atoms with Crippen molar-refractivity contribution in [3.8, 4) is 0 Å². The molecule has 0 heterocycles. The molecule has 0 aliphatic carbocycles. The Balaban J connectivity index is 3.35. The van der Waals surface area contributed by atoms with Crippen LogP contribution in [0.25, 0.3) is 0 Å². The Morgan fingerprint density at radius 1 is 0.905 bits per heavy atom. The summed E-state index contributed by atoms with van der Waals surface area (Å²) in [6, 6.07) is 0. The highest BCUT2D eigenvalue weighted by atomic mass is 16.5. The van der Waals surface area contributed by atoms with Gasteiger partial charge in [0.1, 0.15) is 0 Å². The number of carbonyl (C=O) groups excluding carboxylic acids is 1. The molecule has 0 amide bonds. The van der Waals surface area contributed by atoms with Crippen LogP contribution >= 0.6 is 0 Å². The van der Waals surface area contributed by atoms with Crippen LogP contribution in [-0.2, 0) is 9.53 Å². The molecule has 0 rings (SSSR count). The van der Waals surface area contributed by atoms with E-state index in [9.17, 15) is 4.79 Å². The molecule has 3 nitrogen and oxygen atoms in total. The van der Waals surface area contributed by atoms with Crippen LogP contribution in [0.5, 0.6) is 0 Å². The summed E-state index contributed by atoms with van der Waals surface area (Å²) in [5, 5.41) is 0. The van der Waals surface area contributed by atoms with E-state index in [1.54, 1.807) is 0 Å². The van der Waals surface area contributed by atoms with Gasteiger partial charge in [0.15, 0.2) is 0 Å². The van der Waals surface area contributed by atoms with Gasteiger partial charge in [-0.1, -0.05) is 58.3 Å². The van der Waals surface area contributed by atoms with Crippen molar-refractivity contribution in [2.45, 2.75) is 103 Å². The van der Waals surface area contributed by atoms with Gasteiger partial charge < -0.3 is 10.5 Å². The molecule has 3 heteroatoms. The van der Waals surface area contributed by atoms with Crippen molar-refractivity contribution in [3.05, 3.63) is 0 Å². The zero-order valence-electron chi connectivity index (χ0n) is 14.4. The SMILES string of the molecule is CCCCCCCCCC(C)OC(=O)CCCCCCN. The van der Waals surface area contributed by atoms with Gasteiger partial charge in [-0.2, -0.15) is 0 Å². The van der Waals surface area contributed by atoms with Crippen LogP contribution in [0, 0.1) is 0 Å². The summed E-state index contributed by atoms with van der Waals surface area (Å²) in [4.78, 5) is 11.6. The largest absolute Gasteiger partial charge is 0.463 e. The molecule has 0 aromatic carbocycles. The number of carbonyl (C=O) groups is 1. The van der Waals surface area contributed by atoms with Gasteiger partial charge in [0, 0.05) is 6.42 Å². The lowest BCUT2D eigenvalue weighted by Gasteiger charge is -2.13. The molecule has 0 aromatic heterocycles. The topological polar surface area (TPSA) is 52.3 Å². The molecule has 21 heavy (non-hydrogen) atoms. The number of nitrogens with two attached hydrogens (primary N) is 1. The van der Waals surface area contributed by atoms with Gasteiger partial charge >= 0.3 is 5.97 Å². The van der Waals surface area contributed by atoms with Crippen molar-refractivity contribution in [3.63, 3.8) is 0 Å². The Bertz CT molecular complexity index is 231. The van der Waals surface area contributed by atoms with Crippen molar-refractivity contribution in [1.82, 2.24) is 0 Å². The van der Waals surface area contributed by atoms with Gasteiger partial charge in [-0.05, 0) is 39.2 Å². The third-order valence-corrected chi connectivity index (χ3v) is 3.88. The summed E-state index contributed by atoms with van der Waals surface area (Å²) in [7, 11) is 0. The average Bonchev–Trinajstić information content (AvgIpc) is 2.46. The molecule has 0 radical (unpaired) electrons. The Hall–Kier alpha value is -0.570. The summed E-state index contributed by atoms with van der Waals surface area (Å²) in [6.07, 6.45) is 15.0. The number of esters is 1. The van der Waals surface area contributed by atoms with E-state index in [0.717, 1.165) is 38.6 Å². The first-order valence-electron chi connectivity index (χ1n) is 9.10. The molecule has 1 atom stereocenters. The van der Waals surface area contributed by atoms with E-state index in [0.29, 0.717) is 6.42 Å². The summed E-state index contributed by atoms with van der Waals surface area (Å²) in [6.45, 7) is 5.01. The molecule has 0 spiro atoms. The first kappa shape index (κ1) is 20.4. The van der Waals surface area contributed by atoms with Crippen LogP contribution in [0.3, 0.4) is 0 Å². The van der Waals surface area contributed by atoms with E-state index in [1.807, 2.05) is 6.92 Å². The van der Waals surface area contributed by atoms with Crippen LogP contribution < -0.4 is 5.73 Å². The number of unbranched alkanes of at least 4 members (excludes halogenated alkanes) is 9. The second-order valence-electron chi connectivity index (χ2n) is 6.16. The van der Waals surface area contributed by atoms with Crippen LogP contribution in [0.2, 0.25) is 0 Å². The monoisotopic (exact) mass is 299 g/mol. The molecule has 2 N–H and O–H groups in total. The van der Waals surface area contributed by atoms with E-state index in [-0.39, 0.29) is 12.1 Å². The minimum atomic E-state index is -0.0294. The predicted molar refractivity (Wildman–Crippen MR) is 90.3 cm³/mol. The number of ether oxygens (including phenoxy) is 1. The highest BCUT2D eigenvalue weighted by Gasteiger charge is 2.08. The van der Waals surface area contributed by atoms with Crippen molar-refractivity contribution in [2.24, 2.45) is 5.73 Å². The van der Waals surface area contributed by atoms with Crippen LogP contribution in [0.1, 0.15) is 97.3 Å². The summed E-state index contributed by atoms with van der Waals surface area (Å²) in [5.41, 5.74) is 5.44. The molecular weight excluding hydrogens is 262 g/mol. The minimum Gasteiger partial charge on any atom is -0.463 e. The summed E-state index contributed by atoms with van der Waals surface area (Å²) < 4.78 is 5.44. The van der Waals surface area contributed by atoms with Crippen molar-refractivity contribution < 1.29 is 9.53 Å². The molecule has 0 aliphatic heterocycles. The second kappa shape index (κ2) is 15.8. The standard InChI is InChI=1S/C18H37NO2/c1-3-4-5-6-7-8-11-14-17(2)21-18(20)15-12-9-10-13-16-19/h17H,3-16,19H2,1-2H3. The molecule has 126 valence electrons. The molecule has 0 bridgehead atoms. The third kappa shape index (κ3) is 15.6. The Kier molecular flexibility index (Phi) is 15.4. The fourth-order valence-electron chi connectivity index (χ4n) is 2.50. The maximum Gasteiger partial charge on any atom is 0.306 e. The number of hydrogen-bond acceptors (Lipinski definition) is 3. The third-order valence-electron chi connectivity index (χ3n) is 3.88. The molecule has 0 saturated carbocycles. The fraction of sp³-hybridized carbons (Fsp3) is 0.944. The molecular formula is C18H37NO2. The lowest BCUT2D eigenvalue weighted by molar-refractivity contribution is -0.148. The molecule has 0 saturated heterocycles.